The zero-order valence-corrected chi connectivity index (χ0v) is 23.6. The van der Waals surface area contributed by atoms with Crippen LogP contribution >= 0.6 is 0 Å². The highest BCUT2D eigenvalue weighted by Crippen LogP contribution is 2.35. The molecule has 0 atom stereocenters. The van der Waals surface area contributed by atoms with Crippen LogP contribution in [0.2, 0.25) is 0 Å². The molecule has 1 aliphatic heterocycles. The van der Waals surface area contributed by atoms with Gasteiger partial charge in [0.15, 0.2) is 11.6 Å². The standard InChI is InChI=1S/C32H40FN3O3/c1-20(2)34-31(37)19-27-21(3)26-18-25(39-24-13-15-36(16-14-24)23-7-5-6-8-23)10-12-29(26)35-32(27)22-9-11-28(33)30(17-22)38-4/h9-12,17-18,20,23-24H,5-8,13-16,19H2,1-4H3,(H,34,37). The van der Waals surface area contributed by atoms with Crippen LogP contribution in [0.1, 0.15) is 63.5 Å². The molecule has 2 aromatic carbocycles. The summed E-state index contributed by atoms with van der Waals surface area (Å²) in [6.07, 6.45) is 7.86. The quantitative estimate of drug-likeness (QED) is 0.373. The summed E-state index contributed by atoms with van der Waals surface area (Å²) in [6.45, 7) is 8.11. The first kappa shape index (κ1) is 27.4. The van der Waals surface area contributed by atoms with E-state index >= 15 is 0 Å². The van der Waals surface area contributed by atoms with Crippen LogP contribution in [0.25, 0.3) is 22.2 Å². The molecular formula is C32H40FN3O3. The third-order valence-corrected chi connectivity index (χ3v) is 8.17. The van der Waals surface area contributed by atoms with E-state index < -0.39 is 5.82 Å². The number of pyridine rings is 1. The van der Waals surface area contributed by atoms with E-state index in [9.17, 15) is 9.18 Å². The van der Waals surface area contributed by atoms with E-state index in [0.717, 1.165) is 59.8 Å². The molecule has 208 valence electrons. The van der Waals surface area contributed by atoms with Crippen LogP contribution in [-0.4, -0.2) is 54.2 Å². The molecule has 0 unspecified atom stereocenters. The number of amides is 1. The lowest BCUT2D eigenvalue weighted by molar-refractivity contribution is -0.120. The topological polar surface area (TPSA) is 63.7 Å². The van der Waals surface area contributed by atoms with Gasteiger partial charge >= 0.3 is 0 Å². The number of hydrogen-bond acceptors (Lipinski definition) is 5. The maximum atomic E-state index is 14.2. The Labute approximate surface area is 230 Å². The fourth-order valence-electron chi connectivity index (χ4n) is 6.13. The van der Waals surface area contributed by atoms with Gasteiger partial charge in [-0.15, -0.1) is 0 Å². The van der Waals surface area contributed by atoms with Gasteiger partial charge in [-0.3, -0.25) is 4.79 Å². The highest BCUT2D eigenvalue weighted by Gasteiger charge is 2.28. The Morgan fingerprint density at radius 3 is 2.54 bits per heavy atom. The number of benzene rings is 2. The van der Waals surface area contributed by atoms with Crippen LogP contribution in [-0.2, 0) is 11.2 Å². The van der Waals surface area contributed by atoms with Gasteiger partial charge in [0.1, 0.15) is 11.9 Å². The molecule has 1 aliphatic carbocycles. The highest BCUT2D eigenvalue weighted by atomic mass is 19.1. The molecule has 7 heteroatoms. The first-order valence-corrected chi connectivity index (χ1v) is 14.3. The SMILES string of the molecule is COc1cc(-c2nc3ccc(OC4CCN(C5CCCC5)CC4)cc3c(C)c2CC(=O)NC(C)C)ccc1F. The summed E-state index contributed by atoms with van der Waals surface area (Å²) in [5, 5.41) is 3.95. The van der Waals surface area contributed by atoms with Crippen LogP contribution in [0.5, 0.6) is 11.5 Å². The lowest BCUT2D eigenvalue weighted by Gasteiger charge is -2.36. The summed E-state index contributed by atoms with van der Waals surface area (Å²) in [6, 6.07) is 11.5. The van der Waals surface area contributed by atoms with Crippen molar-refractivity contribution >= 4 is 16.8 Å². The first-order chi connectivity index (χ1) is 18.8. The second kappa shape index (κ2) is 11.9. The zero-order chi connectivity index (χ0) is 27.5. The van der Waals surface area contributed by atoms with Gasteiger partial charge in [-0.2, -0.15) is 0 Å². The molecule has 1 amide bonds. The number of likely N-dealkylation sites (tertiary alicyclic amines) is 1. The van der Waals surface area contributed by atoms with Crippen LogP contribution in [0.4, 0.5) is 4.39 Å². The van der Waals surface area contributed by atoms with Crippen molar-refractivity contribution in [1.82, 2.24) is 15.2 Å². The lowest BCUT2D eigenvalue weighted by atomic mass is 9.95. The highest BCUT2D eigenvalue weighted by molar-refractivity contribution is 5.91. The summed E-state index contributed by atoms with van der Waals surface area (Å²) in [4.78, 5) is 20.5. The number of piperidine rings is 1. The number of rotatable bonds is 8. The van der Waals surface area contributed by atoms with E-state index in [-0.39, 0.29) is 30.2 Å². The average molecular weight is 534 g/mol. The Bertz CT molecular complexity index is 1330. The Morgan fingerprint density at radius 1 is 1.10 bits per heavy atom. The number of nitrogens with one attached hydrogen (secondary N) is 1. The van der Waals surface area contributed by atoms with Gasteiger partial charge in [0, 0.05) is 36.1 Å². The average Bonchev–Trinajstić information content (AvgIpc) is 3.46. The van der Waals surface area contributed by atoms with Crippen LogP contribution in [0, 0.1) is 12.7 Å². The van der Waals surface area contributed by atoms with E-state index in [1.807, 2.05) is 32.9 Å². The normalized spacial score (nSPS) is 17.2. The molecular weight excluding hydrogens is 493 g/mol. The van der Waals surface area contributed by atoms with E-state index in [0.29, 0.717) is 11.3 Å². The van der Waals surface area contributed by atoms with Crippen LogP contribution in [0.3, 0.4) is 0 Å². The molecule has 39 heavy (non-hydrogen) atoms. The lowest BCUT2D eigenvalue weighted by Crippen LogP contribution is -2.43. The summed E-state index contributed by atoms with van der Waals surface area (Å²) >= 11 is 0. The number of halogens is 1. The molecule has 6 nitrogen and oxygen atoms in total. The minimum absolute atomic E-state index is 0.0284. The second-order valence-corrected chi connectivity index (χ2v) is 11.3. The van der Waals surface area contributed by atoms with Crippen molar-refractivity contribution in [2.24, 2.45) is 0 Å². The monoisotopic (exact) mass is 533 g/mol. The van der Waals surface area contributed by atoms with Gasteiger partial charge in [0.05, 0.1) is 24.7 Å². The predicted octanol–water partition coefficient (Wildman–Crippen LogP) is 6.21. The molecule has 1 aromatic heterocycles. The number of fused-ring (bicyclic) bond motifs is 1. The number of aryl methyl sites for hydroxylation is 1. The Morgan fingerprint density at radius 2 is 1.85 bits per heavy atom. The van der Waals surface area contributed by atoms with E-state index in [1.54, 1.807) is 12.1 Å². The molecule has 0 bridgehead atoms. The number of carbonyl (C=O) groups excluding carboxylic acids is 1. The number of ether oxygens (including phenoxy) is 2. The van der Waals surface area contributed by atoms with E-state index in [4.69, 9.17) is 14.5 Å². The minimum Gasteiger partial charge on any atom is -0.494 e. The molecule has 2 heterocycles. The Hall–Kier alpha value is -3.19. The van der Waals surface area contributed by atoms with Crippen molar-refractivity contribution in [2.75, 3.05) is 20.2 Å². The third kappa shape index (κ3) is 6.19. The fraction of sp³-hybridized carbons (Fsp3) is 0.500. The van der Waals surface area contributed by atoms with Crippen molar-refractivity contribution in [1.29, 1.82) is 0 Å². The van der Waals surface area contributed by atoms with Gasteiger partial charge in [-0.05, 0) is 94.0 Å². The van der Waals surface area contributed by atoms with Crippen LogP contribution < -0.4 is 14.8 Å². The summed E-state index contributed by atoms with van der Waals surface area (Å²) in [5.41, 5.74) is 3.96. The predicted molar refractivity (Wildman–Crippen MR) is 153 cm³/mol. The molecule has 1 saturated carbocycles. The first-order valence-electron chi connectivity index (χ1n) is 14.3. The van der Waals surface area contributed by atoms with Crippen molar-refractivity contribution in [3.8, 4) is 22.8 Å². The Kier molecular flexibility index (Phi) is 8.36. The fourth-order valence-corrected chi connectivity index (χ4v) is 6.13. The van der Waals surface area contributed by atoms with Gasteiger partial charge in [0.25, 0.3) is 0 Å². The number of nitrogens with zero attached hydrogens (tertiary/aromatic N) is 2. The van der Waals surface area contributed by atoms with Crippen LogP contribution in [0.15, 0.2) is 36.4 Å². The molecule has 3 aromatic rings. The number of aromatic nitrogens is 1. The molecule has 5 rings (SSSR count). The second-order valence-electron chi connectivity index (χ2n) is 11.3. The zero-order valence-electron chi connectivity index (χ0n) is 23.6. The minimum atomic E-state index is -0.436. The number of hydrogen-bond donors (Lipinski definition) is 1. The molecule has 0 spiro atoms. The summed E-state index contributed by atoms with van der Waals surface area (Å²) in [5.74, 6) is 0.465. The molecule has 1 N–H and O–H groups in total. The van der Waals surface area contributed by atoms with Crippen molar-refractivity contribution in [3.05, 3.63) is 53.3 Å². The number of methoxy groups -OCH3 is 1. The molecule has 2 aliphatic rings. The van der Waals surface area contributed by atoms with Crippen molar-refractivity contribution in [3.63, 3.8) is 0 Å². The van der Waals surface area contributed by atoms with Gasteiger partial charge in [-0.25, -0.2) is 9.37 Å². The molecule has 2 fully saturated rings. The summed E-state index contributed by atoms with van der Waals surface area (Å²) in [7, 11) is 1.44. The molecule has 0 radical (unpaired) electrons. The van der Waals surface area contributed by atoms with Gasteiger partial charge in [-0.1, -0.05) is 12.8 Å². The molecule has 1 saturated heterocycles. The van der Waals surface area contributed by atoms with Crippen molar-refractivity contribution < 1.29 is 18.7 Å². The third-order valence-electron chi connectivity index (χ3n) is 8.17. The van der Waals surface area contributed by atoms with E-state index in [2.05, 4.69) is 16.3 Å². The maximum absolute atomic E-state index is 14.2. The van der Waals surface area contributed by atoms with E-state index in [1.165, 1.54) is 38.9 Å². The van der Waals surface area contributed by atoms with Crippen molar-refractivity contribution in [2.45, 2.75) is 83.9 Å². The smallest absolute Gasteiger partial charge is 0.224 e. The largest absolute Gasteiger partial charge is 0.494 e. The summed E-state index contributed by atoms with van der Waals surface area (Å²) < 4.78 is 25.9. The number of carbonyl (C=O) groups is 1. The van der Waals surface area contributed by atoms with Gasteiger partial charge < -0.3 is 19.7 Å². The maximum Gasteiger partial charge on any atom is 0.224 e. The van der Waals surface area contributed by atoms with Gasteiger partial charge in [0.2, 0.25) is 5.91 Å². The Balaban J connectivity index is 1.44.